The van der Waals surface area contributed by atoms with Crippen LogP contribution in [0.2, 0.25) is 0 Å². The van der Waals surface area contributed by atoms with Gasteiger partial charge in [-0.2, -0.15) is 0 Å². The average Bonchev–Trinajstić information content (AvgIpc) is 3.37. The van der Waals surface area contributed by atoms with E-state index in [1.165, 1.54) is 19.4 Å². The van der Waals surface area contributed by atoms with Gasteiger partial charge in [0.25, 0.3) is 0 Å². The van der Waals surface area contributed by atoms with Crippen LogP contribution in [0.5, 0.6) is 0 Å². The van der Waals surface area contributed by atoms with E-state index in [0.717, 1.165) is 16.5 Å². The van der Waals surface area contributed by atoms with Gasteiger partial charge in [0.15, 0.2) is 0 Å². The van der Waals surface area contributed by atoms with Crippen LogP contribution < -0.4 is 16.4 Å². The molecule has 0 unspecified atom stereocenters. The molecule has 0 saturated heterocycles. The van der Waals surface area contributed by atoms with Crippen LogP contribution in [0.3, 0.4) is 0 Å². The highest BCUT2D eigenvalue weighted by atomic mass is 16.4. The van der Waals surface area contributed by atoms with Crippen LogP contribution >= 0.6 is 0 Å². The second-order valence-electron chi connectivity index (χ2n) is 7.08. The third-order valence-electron chi connectivity index (χ3n) is 4.80. The number of nitrogens with zero attached hydrogens (tertiary/aromatic N) is 1. The van der Waals surface area contributed by atoms with Gasteiger partial charge in [-0.1, -0.05) is 18.2 Å². The zero-order chi connectivity index (χ0) is 21.7. The Bertz CT molecular complexity index is 1030. The van der Waals surface area contributed by atoms with E-state index in [-0.39, 0.29) is 6.42 Å². The molecular weight excluding hydrogens is 388 g/mol. The number of H-pyrrole nitrogens is 2. The SMILES string of the molecule is C[C@H](NC(=O)[C@@H](N)Cc1c[nH]c2ccccc12)C(=O)N[C@@H](Cc1cnc[nH]1)C(=O)O. The lowest BCUT2D eigenvalue weighted by atomic mass is 10.0. The smallest absolute Gasteiger partial charge is 0.326 e. The van der Waals surface area contributed by atoms with Crippen LogP contribution in [0.4, 0.5) is 0 Å². The summed E-state index contributed by atoms with van der Waals surface area (Å²) in [7, 11) is 0. The molecule has 0 radical (unpaired) electrons. The van der Waals surface area contributed by atoms with E-state index in [1.807, 2.05) is 24.3 Å². The molecule has 10 nitrogen and oxygen atoms in total. The summed E-state index contributed by atoms with van der Waals surface area (Å²) < 4.78 is 0. The third kappa shape index (κ3) is 5.03. The minimum atomic E-state index is -1.19. The number of carbonyl (C=O) groups is 3. The summed E-state index contributed by atoms with van der Waals surface area (Å²) in [5.41, 5.74) is 8.44. The summed E-state index contributed by atoms with van der Waals surface area (Å²) in [4.78, 5) is 46.0. The Kier molecular flexibility index (Phi) is 6.48. The number of rotatable bonds is 9. The van der Waals surface area contributed by atoms with Crippen LogP contribution in [-0.4, -0.2) is 56.0 Å². The van der Waals surface area contributed by atoms with Crippen LogP contribution in [-0.2, 0) is 27.2 Å². The number of carbonyl (C=O) groups excluding carboxylic acids is 2. The van der Waals surface area contributed by atoms with Gasteiger partial charge in [-0.3, -0.25) is 9.59 Å². The number of amides is 2. The number of para-hydroxylation sites is 1. The van der Waals surface area contributed by atoms with Gasteiger partial charge in [-0.05, 0) is 25.0 Å². The van der Waals surface area contributed by atoms with Crippen molar-refractivity contribution < 1.29 is 19.5 Å². The molecule has 0 aliphatic heterocycles. The normalized spacial score (nSPS) is 14.1. The van der Waals surface area contributed by atoms with E-state index < -0.39 is 35.9 Å². The van der Waals surface area contributed by atoms with E-state index in [0.29, 0.717) is 12.1 Å². The predicted molar refractivity (Wildman–Crippen MR) is 109 cm³/mol. The van der Waals surface area contributed by atoms with Gasteiger partial charge < -0.3 is 31.4 Å². The number of nitrogens with one attached hydrogen (secondary N) is 4. The first-order valence-electron chi connectivity index (χ1n) is 9.46. The topological polar surface area (TPSA) is 166 Å². The highest BCUT2D eigenvalue weighted by Gasteiger charge is 2.26. The monoisotopic (exact) mass is 412 g/mol. The summed E-state index contributed by atoms with van der Waals surface area (Å²) in [5, 5.41) is 15.3. The van der Waals surface area contributed by atoms with Crippen molar-refractivity contribution in [3.8, 4) is 0 Å². The fourth-order valence-electron chi connectivity index (χ4n) is 3.13. The quantitative estimate of drug-likeness (QED) is 0.291. The van der Waals surface area contributed by atoms with Crippen molar-refractivity contribution in [1.82, 2.24) is 25.6 Å². The van der Waals surface area contributed by atoms with Gasteiger partial charge in [-0.15, -0.1) is 0 Å². The zero-order valence-electron chi connectivity index (χ0n) is 16.4. The van der Waals surface area contributed by atoms with Gasteiger partial charge in [-0.25, -0.2) is 9.78 Å². The third-order valence-corrected chi connectivity index (χ3v) is 4.80. The molecule has 3 rings (SSSR count). The molecule has 7 N–H and O–H groups in total. The molecule has 0 aliphatic rings. The molecule has 1 aromatic carbocycles. The Morgan fingerprint density at radius 2 is 1.90 bits per heavy atom. The van der Waals surface area contributed by atoms with E-state index in [9.17, 15) is 19.5 Å². The molecule has 3 aromatic rings. The highest BCUT2D eigenvalue weighted by molar-refractivity contribution is 5.92. The molecule has 0 fully saturated rings. The summed E-state index contributed by atoms with van der Waals surface area (Å²) >= 11 is 0. The summed E-state index contributed by atoms with van der Waals surface area (Å²) in [5.74, 6) is -2.30. The van der Waals surface area contributed by atoms with Gasteiger partial charge >= 0.3 is 5.97 Å². The van der Waals surface area contributed by atoms with E-state index in [4.69, 9.17) is 5.73 Å². The van der Waals surface area contributed by atoms with Gasteiger partial charge in [0, 0.05) is 35.4 Å². The fourth-order valence-corrected chi connectivity index (χ4v) is 3.13. The van der Waals surface area contributed by atoms with Crippen LogP contribution in [0, 0.1) is 0 Å². The van der Waals surface area contributed by atoms with Crippen molar-refractivity contribution in [3.63, 3.8) is 0 Å². The number of carboxylic acid groups (broad SMARTS) is 1. The fraction of sp³-hybridized carbons (Fsp3) is 0.300. The summed E-state index contributed by atoms with van der Waals surface area (Å²) in [6.07, 6.45) is 5.05. The number of hydrogen-bond donors (Lipinski definition) is 6. The highest BCUT2D eigenvalue weighted by Crippen LogP contribution is 2.18. The van der Waals surface area contributed by atoms with Crippen molar-refractivity contribution in [3.05, 3.63) is 54.2 Å². The van der Waals surface area contributed by atoms with Gasteiger partial charge in [0.1, 0.15) is 12.1 Å². The molecule has 0 spiro atoms. The molecule has 3 atom stereocenters. The zero-order valence-corrected chi connectivity index (χ0v) is 16.4. The largest absolute Gasteiger partial charge is 0.480 e. The number of carboxylic acids is 1. The average molecular weight is 412 g/mol. The lowest BCUT2D eigenvalue weighted by Gasteiger charge is -2.20. The predicted octanol–water partition coefficient (Wildman–Crippen LogP) is 0.0776. The molecule has 2 amide bonds. The lowest BCUT2D eigenvalue weighted by Crippen LogP contribution is -2.54. The number of hydrogen-bond acceptors (Lipinski definition) is 5. The Hall–Kier alpha value is -3.66. The molecule has 30 heavy (non-hydrogen) atoms. The number of imidazole rings is 1. The number of nitrogens with two attached hydrogens (primary N) is 1. The number of aliphatic carboxylic acids is 1. The number of aromatic amines is 2. The number of aromatic nitrogens is 3. The first kappa shape index (κ1) is 21.1. The minimum Gasteiger partial charge on any atom is -0.480 e. The molecule has 0 aliphatic carbocycles. The lowest BCUT2D eigenvalue weighted by molar-refractivity contribution is -0.142. The maximum absolute atomic E-state index is 12.4. The Morgan fingerprint density at radius 1 is 1.13 bits per heavy atom. The second-order valence-corrected chi connectivity index (χ2v) is 7.08. The van der Waals surface area contributed by atoms with Crippen molar-refractivity contribution >= 4 is 28.7 Å². The van der Waals surface area contributed by atoms with Crippen molar-refractivity contribution in [2.75, 3.05) is 0 Å². The Labute approximate surface area is 172 Å². The molecule has 0 bridgehead atoms. The molecule has 2 heterocycles. The maximum atomic E-state index is 12.4. The first-order chi connectivity index (χ1) is 14.3. The summed E-state index contributed by atoms with van der Waals surface area (Å²) in [6, 6.07) is 4.71. The van der Waals surface area contributed by atoms with Crippen molar-refractivity contribution in [2.24, 2.45) is 5.73 Å². The van der Waals surface area contributed by atoms with E-state index >= 15 is 0 Å². The number of benzene rings is 1. The van der Waals surface area contributed by atoms with Gasteiger partial charge in [0.2, 0.25) is 11.8 Å². The Balaban J connectivity index is 1.55. The van der Waals surface area contributed by atoms with Crippen LogP contribution in [0.15, 0.2) is 43.0 Å². The van der Waals surface area contributed by atoms with Crippen LogP contribution in [0.25, 0.3) is 10.9 Å². The van der Waals surface area contributed by atoms with Gasteiger partial charge in [0.05, 0.1) is 12.4 Å². The van der Waals surface area contributed by atoms with Crippen molar-refractivity contribution in [1.29, 1.82) is 0 Å². The van der Waals surface area contributed by atoms with Crippen LogP contribution in [0.1, 0.15) is 18.2 Å². The molecule has 0 saturated carbocycles. The molecule has 2 aromatic heterocycles. The standard InChI is InChI=1S/C20H24N6O4/c1-11(18(27)26-17(20(29)30)7-13-9-22-10-24-13)25-19(28)15(21)6-12-8-23-16-5-3-2-4-14(12)16/h2-5,8-11,15,17,23H,6-7,21H2,1H3,(H,22,24)(H,25,28)(H,26,27)(H,29,30)/t11-,15-,17-/m0/s1. The maximum Gasteiger partial charge on any atom is 0.326 e. The second kappa shape index (κ2) is 9.23. The molecule has 158 valence electrons. The van der Waals surface area contributed by atoms with Crippen molar-refractivity contribution in [2.45, 2.75) is 37.9 Å². The Morgan fingerprint density at radius 3 is 2.60 bits per heavy atom. The number of fused-ring (bicyclic) bond motifs is 1. The molecule has 10 heteroatoms. The van der Waals surface area contributed by atoms with E-state index in [1.54, 1.807) is 6.20 Å². The first-order valence-corrected chi connectivity index (χ1v) is 9.46. The minimum absolute atomic E-state index is 0.0435. The van der Waals surface area contributed by atoms with E-state index in [2.05, 4.69) is 25.6 Å². The summed E-state index contributed by atoms with van der Waals surface area (Å²) in [6.45, 7) is 1.47. The molecular formula is C20H24N6O4.